The molecule has 0 radical (unpaired) electrons. The third-order valence-electron chi connectivity index (χ3n) is 8.26. The molecule has 1 saturated carbocycles. The van der Waals surface area contributed by atoms with Crippen molar-refractivity contribution in [2.75, 3.05) is 40.4 Å². The van der Waals surface area contributed by atoms with Crippen molar-refractivity contribution >= 4 is 11.9 Å². The van der Waals surface area contributed by atoms with Crippen LogP contribution in [0.1, 0.15) is 61.4 Å². The Balaban J connectivity index is 1.37. The van der Waals surface area contributed by atoms with Crippen LogP contribution in [0.2, 0.25) is 0 Å². The Morgan fingerprint density at radius 2 is 1.68 bits per heavy atom. The van der Waals surface area contributed by atoms with Gasteiger partial charge in [-0.1, -0.05) is 36.4 Å². The van der Waals surface area contributed by atoms with Crippen molar-refractivity contribution in [3.05, 3.63) is 65.2 Å². The number of urea groups is 1. The number of ether oxygens (including phenoxy) is 1. The maximum absolute atomic E-state index is 14.2. The monoisotopic (exact) mass is 506 g/mol. The van der Waals surface area contributed by atoms with E-state index in [1.54, 1.807) is 12.0 Å². The number of hydrogen-bond acceptors (Lipinski definition) is 5. The molecule has 198 valence electrons. The fraction of sp³-hybridized carbons (Fsp3) is 0.517. The van der Waals surface area contributed by atoms with E-state index in [1.165, 1.54) is 24.0 Å². The van der Waals surface area contributed by atoms with Gasteiger partial charge >= 0.3 is 6.03 Å². The number of likely N-dealkylation sites (tertiary alicyclic amines) is 1. The number of benzene rings is 2. The number of piperidine rings is 1. The van der Waals surface area contributed by atoms with Gasteiger partial charge in [0.2, 0.25) is 5.91 Å². The topological polar surface area (TPSA) is 74.3 Å². The highest BCUT2D eigenvalue weighted by molar-refractivity contribution is 5.89. The third kappa shape index (κ3) is 5.05. The maximum Gasteiger partial charge on any atom is 0.341 e. The highest BCUT2D eigenvalue weighted by Gasteiger charge is 2.57. The van der Waals surface area contributed by atoms with Crippen molar-refractivity contribution < 1.29 is 19.2 Å². The number of amides is 3. The zero-order valence-electron chi connectivity index (χ0n) is 22.1. The van der Waals surface area contributed by atoms with Crippen LogP contribution in [0.4, 0.5) is 4.79 Å². The third-order valence-corrected chi connectivity index (χ3v) is 8.26. The van der Waals surface area contributed by atoms with Crippen LogP contribution < -0.4 is 10.2 Å². The Morgan fingerprint density at radius 3 is 2.27 bits per heavy atom. The number of carbonyl (C=O) groups is 2. The van der Waals surface area contributed by atoms with Crippen LogP contribution in [0.15, 0.2) is 48.5 Å². The van der Waals surface area contributed by atoms with E-state index in [0.29, 0.717) is 45.0 Å². The molecule has 2 heterocycles. The van der Waals surface area contributed by atoms with Crippen molar-refractivity contribution in [1.29, 1.82) is 0 Å². The molecule has 1 atom stereocenters. The summed E-state index contributed by atoms with van der Waals surface area (Å²) in [5, 5.41) is 0. The molecular weight excluding hydrogens is 468 g/mol. The SMILES string of the molecule is CCONC(=O)N1CCC2(CC1)C(=O)N(CCc1ccc(OC)cc1)C(c1ccc(C3CC3)cc1)N2C. The lowest BCUT2D eigenvalue weighted by molar-refractivity contribution is -0.135. The molecule has 2 aromatic rings. The Labute approximate surface area is 219 Å². The van der Waals surface area contributed by atoms with Gasteiger partial charge in [0.1, 0.15) is 17.5 Å². The molecule has 8 nitrogen and oxygen atoms in total. The van der Waals surface area contributed by atoms with Crippen LogP contribution in [0.25, 0.3) is 0 Å². The van der Waals surface area contributed by atoms with Crippen LogP contribution in [0, 0.1) is 0 Å². The predicted octanol–water partition coefficient (Wildman–Crippen LogP) is 4.08. The Kier molecular flexibility index (Phi) is 7.40. The predicted molar refractivity (Wildman–Crippen MR) is 141 cm³/mol. The van der Waals surface area contributed by atoms with E-state index in [1.807, 2.05) is 24.0 Å². The summed E-state index contributed by atoms with van der Waals surface area (Å²) in [6, 6.07) is 16.7. The van der Waals surface area contributed by atoms with Gasteiger partial charge in [-0.15, -0.1) is 0 Å². The summed E-state index contributed by atoms with van der Waals surface area (Å²) >= 11 is 0. The second-order valence-electron chi connectivity index (χ2n) is 10.4. The minimum absolute atomic E-state index is 0.136. The first kappa shape index (κ1) is 25.5. The number of likely N-dealkylation sites (N-methyl/N-ethyl adjacent to an activating group) is 1. The summed E-state index contributed by atoms with van der Waals surface area (Å²) in [4.78, 5) is 37.7. The fourth-order valence-electron chi connectivity index (χ4n) is 5.84. The molecule has 0 bridgehead atoms. The molecule has 2 aromatic carbocycles. The molecule has 2 aliphatic heterocycles. The van der Waals surface area contributed by atoms with Crippen molar-refractivity contribution in [2.45, 2.75) is 56.7 Å². The molecule has 0 aromatic heterocycles. The Hall–Kier alpha value is -3.10. The normalized spacial score (nSPS) is 21.5. The largest absolute Gasteiger partial charge is 0.497 e. The van der Waals surface area contributed by atoms with E-state index in [4.69, 9.17) is 9.57 Å². The van der Waals surface area contributed by atoms with E-state index in [-0.39, 0.29) is 18.1 Å². The van der Waals surface area contributed by atoms with E-state index >= 15 is 0 Å². The maximum atomic E-state index is 14.2. The van der Waals surface area contributed by atoms with Gasteiger partial charge < -0.3 is 14.5 Å². The number of hydroxylamine groups is 1. The lowest BCUT2D eigenvalue weighted by Crippen LogP contribution is -2.57. The van der Waals surface area contributed by atoms with E-state index in [2.05, 4.69) is 53.8 Å². The highest BCUT2D eigenvalue weighted by Crippen LogP contribution is 2.46. The molecule has 2 saturated heterocycles. The highest BCUT2D eigenvalue weighted by atomic mass is 16.7. The molecular formula is C29H38N4O4. The summed E-state index contributed by atoms with van der Waals surface area (Å²) in [5.41, 5.74) is 5.56. The first-order valence-corrected chi connectivity index (χ1v) is 13.4. The molecule has 8 heteroatoms. The number of nitrogens with zero attached hydrogens (tertiary/aromatic N) is 3. The number of rotatable bonds is 8. The smallest absolute Gasteiger partial charge is 0.341 e. The van der Waals surface area contributed by atoms with Crippen LogP contribution in [-0.4, -0.2) is 72.6 Å². The zero-order valence-corrected chi connectivity index (χ0v) is 22.1. The number of carbonyl (C=O) groups excluding carboxylic acids is 2. The van der Waals surface area contributed by atoms with Crippen molar-refractivity contribution in [3.8, 4) is 5.75 Å². The van der Waals surface area contributed by atoms with Gasteiger partial charge in [-0.25, -0.2) is 10.3 Å². The minimum Gasteiger partial charge on any atom is -0.497 e. The average Bonchev–Trinajstić information content (AvgIpc) is 3.77. The Bertz CT molecular complexity index is 1090. The number of nitrogens with one attached hydrogen (secondary N) is 1. The number of hydrogen-bond donors (Lipinski definition) is 1. The summed E-state index contributed by atoms with van der Waals surface area (Å²) in [6.07, 6.45) is 4.36. The van der Waals surface area contributed by atoms with Crippen LogP contribution in [-0.2, 0) is 16.1 Å². The molecule has 5 rings (SSSR count). The van der Waals surface area contributed by atoms with Crippen LogP contribution in [0.5, 0.6) is 5.75 Å². The standard InChI is InChI=1S/C29H38N4O4/c1-4-37-30-28(35)32-19-16-29(17-20-32)27(34)33(18-15-21-5-13-25(36-3)14-6-21)26(31(29)2)24-11-9-23(10-12-24)22-7-8-22/h5-6,9-14,22,26H,4,7-8,15-20H2,1-3H3,(H,30,35). The van der Waals surface area contributed by atoms with Gasteiger partial charge in [-0.2, -0.15) is 0 Å². The molecule has 1 unspecified atom stereocenters. The second kappa shape index (κ2) is 10.7. The van der Waals surface area contributed by atoms with Gasteiger partial charge in [0.25, 0.3) is 0 Å². The lowest BCUT2D eigenvalue weighted by atomic mass is 9.86. The second-order valence-corrected chi connectivity index (χ2v) is 10.4. The summed E-state index contributed by atoms with van der Waals surface area (Å²) in [5.74, 6) is 1.68. The molecule has 3 aliphatic rings. The van der Waals surface area contributed by atoms with Gasteiger partial charge in [0.15, 0.2) is 0 Å². The van der Waals surface area contributed by atoms with Gasteiger partial charge in [0.05, 0.1) is 13.7 Å². The molecule has 1 spiro atoms. The van der Waals surface area contributed by atoms with E-state index in [0.717, 1.165) is 17.7 Å². The van der Waals surface area contributed by atoms with Crippen LogP contribution in [0.3, 0.4) is 0 Å². The number of methoxy groups -OCH3 is 1. The zero-order chi connectivity index (χ0) is 26.0. The van der Waals surface area contributed by atoms with Crippen molar-refractivity contribution in [1.82, 2.24) is 20.2 Å². The minimum atomic E-state index is -0.623. The van der Waals surface area contributed by atoms with E-state index in [9.17, 15) is 9.59 Å². The molecule has 3 amide bonds. The lowest BCUT2D eigenvalue weighted by Gasteiger charge is -2.42. The molecule has 1 N–H and O–H groups in total. The molecule has 1 aliphatic carbocycles. The van der Waals surface area contributed by atoms with Crippen molar-refractivity contribution in [3.63, 3.8) is 0 Å². The Morgan fingerprint density at radius 1 is 1.03 bits per heavy atom. The van der Waals surface area contributed by atoms with Gasteiger partial charge in [-0.3, -0.25) is 14.5 Å². The van der Waals surface area contributed by atoms with E-state index < -0.39 is 5.54 Å². The first-order chi connectivity index (χ1) is 18.0. The molecule has 37 heavy (non-hydrogen) atoms. The van der Waals surface area contributed by atoms with Gasteiger partial charge in [-0.05, 0) is 80.8 Å². The quantitative estimate of drug-likeness (QED) is 0.546. The fourth-order valence-corrected chi connectivity index (χ4v) is 5.84. The first-order valence-electron chi connectivity index (χ1n) is 13.4. The van der Waals surface area contributed by atoms with Gasteiger partial charge in [0, 0.05) is 19.6 Å². The van der Waals surface area contributed by atoms with Crippen molar-refractivity contribution in [2.24, 2.45) is 0 Å². The average molecular weight is 507 g/mol. The summed E-state index contributed by atoms with van der Waals surface area (Å²) in [7, 11) is 3.73. The molecule has 3 fully saturated rings. The summed E-state index contributed by atoms with van der Waals surface area (Å²) in [6.45, 7) is 3.88. The summed E-state index contributed by atoms with van der Waals surface area (Å²) < 4.78 is 5.29. The van der Waals surface area contributed by atoms with Crippen LogP contribution >= 0.6 is 0 Å².